The van der Waals surface area contributed by atoms with E-state index in [1.807, 2.05) is 44.4 Å². The van der Waals surface area contributed by atoms with Gasteiger partial charge in [0.25, 0.3) is 0 Å². The van der Waals surface area contributed by atoms with E-state index >= 15 is 0 Å². The minimum absolute atomic E-state index is 0. The fourth-order valence-corrected chi connectivity index (χ4v) is 5.32. The minimum atomic E-state index is -0.538. The maximum atomic E-state index is 10.4. The van der Waals surface area contributed by atoms with Gasteiger partial charge in [-0.15, -0.1) is 11.6 Å². The Bertz CT molecular complexity index is 1600. The Morgan fingerprint density at radius 3 is 2.62 bits per heavy atom. The average molecular weight is 675 g/mol. The molecule has 192 valence electrons. The number of aliphatic imine (C=N–C) groups is 1. The molecule has 37 heavy (non-hydrogen) atoms. The molecule has 0 saturated carbocycles. The average Bonchev–Trinajstić information content (AvgIpc) is 3.28. The minimum Gasteiger partial charge on any atom is -0.511 e. The van der Waals surface area contributed by atoms with Crippen LogP contribution in [-0.4, -0.2) is 31.6 Å². The van der Waals surface area contributed by atoms with Gasteiger partial charge in [0.1, 0.15) is 23.1 Å². The van der Waals surface area contributed by atoms with E-state index < -0.39 is 5.60 Å². The quantitative estimate of drug-likeness (QED) is 0.276. The van der Waals surface area contributed by atoms with Gasteiger partial charge in [-0.25, -0.2) is 4.98 Å². The molecule has 2 aliphatic rings. The predicted molar refractivity (Wildman–Crippen MR) is 137 cm³/mol. The summed E-state index contributed by atoms with van der Waals surface area (Å²) in [6, 6.07) is 10.9. The zero-order valence-corrected chi connectivity index (χ0v) is 23.8. The van der Waals surface area contributed by atoms with Crippen LogP contribution in [0.25, 0.3) is 10.9 Å². The summed E-state index contributed by atoms with van der Waals surface area (Å²) in [4.78, 5) is 18.1. The number of aryl methyl sites for hydroxylation is 3. The summed E-state index contributed by atoms with van der Waals surface area (Å²) < 4.78 is 12.8. The summed E-state index contributed by atoms with van der Waals surface area (Å²) in [5.41, 5.74) is 5.16. The first kappa shape index (κ1) is 25.3. The third-order valence-corrected chi connectivity index (χ3v) is 7.85. The Morgan fingerprint density at radius 1 is 1.05 bits per heavy atom. The number of pyridine rings is 3. The van der Waals surface area contributed by atoms with Gasteiger partial charge >= 0.3 is 0 Å². The van der Waals surface area contributed by atoms with Gasteiger partial charge in [0.15, 0.2) is 5.75 Å². The number of rotatable bonds is 3. The second-order valence-electron chi connectivity index (χ2n) is 10.4. The second-order valence-corrected chi connectivity index (χ2v) is 10.4. The molecule has 0 amide bonds. The van der Waals surface area contributed by atoms with E-state index in [0.717, 1.165) is 27.6 Å². The molecule has 0 unspecified atom stereocenters. The molecule has 1 N–H and O–H groups in total. The molecule has 1 aliphatic carbocycles. The smallest absolute Gasteiger partial charge is 0.217 e. The van der Waals surface area contributed by atoms with Gasteiger partial charge in [-0.3, -0.25) is 15.0 Å². The van der Waals surface area contributed by atoms with E-state index in [1.54, 1.807) is 19.2 Å². The molecule has 0 radical (unpaired) electrons. The summed E-state index contributed by atoms with van der Waals surface area (Å²) in [6.07, 6.45) is 5.43. The van der Waals surface area contributed by atoms with Crippen molar-refractivity contribution in [3.63, 3.8) is 0 Å². The molecule has 1 aliphatic heterocycles. The Kier molecular flexibility index (Phi) is 5.91. The second kappa shape index (κ2) is 8.63. The number of aromatic hydroxyl groups is 1. The van der Waals surface area contributed by atoms with E-state index in [9.17, 15) is 5.11 Å². The summed E-state index contributed by atoms with van der Waals surface area (Å²) in [6.45, 7) is 12.2. The van der Waals surface area contributed by atoms with Gasteiger partial charge < -0.3 is 14.6 Å². The number of benzene rings is 1. The van der Waals surface area contributed by atoms with Crippen LogP contribution in [-0.2, 0) is 31.2 Å². The van der Waals surface area contributed by atoms with E-state index in [2.05, 4.69) is 41.8 Å². The van der Waals surface area contributed by atoms with Crippen LogP contribution in [0.15, 0.2) is 47.8 Å². The number of hydrogen-bond donors (Lipinski definition) is 1. The fraction of sp³-hybridized carbons (Fsp3) is 0.310. The Labute approximate surface area is 230 Å². The SMILES string of the molecule is Cc1cc(C)c(C2=N[C@H]3c4ccncc4C(C)(C)[C@@]3(C)O2)[c-]c1Oc1ccc2cnc(C)c(O)c2n1.[Pt]. The molecule has 7 nitrogen and oxygen atoms in total. The molecular formula is C29H27N4O3Pt-. The molecule has 0 bridgehead atoms. The van der Waals surface area contributed by atoms with Crippen molar-refractivity contribution in [2.75, 3.05) is 0 Å². The zero-order valence-electron chi connectivity index (χ0n) is 21.5. The third-order valence-electron chi connectivity index (χ3n) is 7.85. The summed E-state index contributed by atoms with van der Waals surface area (Å²) in [5, 5.41) is 11.2. The number of nitrogens with zero attached hydrogens (tertiary/aromatic N) is 4. The predicted octanol–water partition coefficient (Wildman–Crippen LogP) is 5.81. The molecule has 4 aromatic rings. The standard InChI is InChI=1S/C29H27N4O3.Pt/c1-15-11-16(2)22(35-23-8-7-18-13-31-17(3)25(34)24(18)32-23)12-20(15)27-33-26-19-9-10-30-14-21(19)28(4,5)29(26,6)36-27;/h7-11,13-14,26,34H,1-6H3;/q-1;/t26-,29-;/m0./s1. The van der Waals surface area contributed by atoms with Crippen LogP contribution in [0.2, 0.25) is 0 Å². The van der Waals surface area contributed by atoms with Crippen molar-refractivity contribution >= 4 is 16.8 Å². The number of aromatic nitrogens is 3. The van der Waals surface area contributed by atoms with Gasteiger partial charge in [-0.05, 0) is 37.1 Å². The summed E-state index contributed by atoms with van der Waals surface area (Å²) in [7, 11) is 0. The monoisotopic (exact) mass is 674 g/mol. The molecule has 4 heterocycles. The number of fused-ring (bicyclic) bond motifs is 4. The van der Waals surface area contributed by atoms with Crippen molar-refractivity contribution in [3.8, 4) is 17.4 Å². The van der Waals surface area contributed by atoms with Crippen LogP contribution in [0, 0.1) is 26.8 Å². The van der Waals surface area contributed by atoms with Crippen LogP contribution in [0.4, 0.5) is 0 Å². The Balaban J connectivity index is 0.00000280. The van der Waals surface area contributed by atoms with Gasteiger partial charge in [-0.1, -0.05) is 44.9 Å². The first-order chi connectivity index (χ1) is 17.1. The first-order valence-electron chi connectivity index (χ1n) is 12.0. The van der Waals surface area contributed by atoms with Crippen molar-refractivity contribution in [1.82, 2.24) is 15.0 Å². The van der Waals surface area contributed by atoms with Gasteiger partial charge in [0, 0.05) is 56.5 Å². The van der Waals surface area contributed by atoms with Crippen molar-refractivity contribution in [1.29, 1.82) is 0 Å². The van der Waals surface area contributed by atoms with Crippen LogP contribution in [0.5, 0.6) is 17.4 Å². The van der Waals surface area contributed by atoms with Crippen LogP contribution < -0.4 is 4.74 Å². The first-order valence-corrected chi connectivity index (χ1v) is 12.0. The van der Waals surface area contributed by atoms with Crippen LogP contribution >= 0.6 is 0 Å². The van der Waals surface area contributed by atoms with Crippen molar-refractivity contribution in [2.24, 2.45) is 4.99 Å². The van der Waals surface area contributed by atoms with Gasteiger partial charge in [-0.2, -0.15) is 0 Å². The summed E-state index contributed by atoms with van der Waals surface area (Å²) >= 11 is 0. The van der Waals surface area contributed by atoms with Gasteiger partial charge in [0.05, 0.1) is 11.4 Å². The molecule has 3 aromatic heterocycles. The van der Waals surface area contributed by atoms with E-state index in [4.69, 9.17) is 14.5 Å². The van der Waals surface area contributed by atoms with Crippen LogP contribution in [0.3, 0.4) is 0 Å². The zero-order chi connectivity index (χ0) is 25.4. The molecule has 0 saturated heterocycles. The Hall–Kier alpha value is -3.31. The summed E-state index contributed by atoms with van der Waals surface area (Å²) in [5.74, 6) is 1.50. The normalized spacial score (nSPS) is 21.0. The van der Waals surface area contributed by atoms with E-state index in [-0.39, 0.29) is 38.3 Å². The maximum absolute atomic E-state index is 10.4. The number of ether oxygens (including phenoxy) is 2. The van der Waals surface area contributed by atoms with E-state index in [0.29, 0.717) is 28.7 Å². The molecule has 2 atom stereocenters. The molecule has 6 rings (SSSR count). The number of hydrogen-bond acceptors (Lipinski definition) is 7. The van der Waals surface area contributed by atoms with Gasteiger partial charge in [0.2, 0.25) is 5.88 Å². The fourth-order valence-electron chi connectivity index (χ4n) is 5.32. The molecule has 1 aromatic carbocycles. The Morgan fingerprint density at radius 2 is 1.84 bits per heavy atom. The van der Waals surface area contributed by atoms with E-state index in [1.165, 1.54) is 5.56 Å². The molecular weight excluding hydrogens is 647 g/mol. The molecule has 0 fully saturated rings. The van der Waals surface area contributed by atoms with Crippen molar-refractivity contribution < 1.29 is 35.6 Å². The topological polar surface area (TPSA) is 89.7 Å². The molecule has 0 spiro atoms. The largest absolute Gasteiger partial charge is 0.511 e. The molecule has 8 heteroatoms. The van der Waals surface area contributed by atoms with Crippen molar-refractivity contribution in [2.45, 2.75) is 58.6 Å². The van der Waals surface area contributed by atoms with Crippen molar-refractivity contribution in [3.05, 3.63) is 82.4 Å². The third kappa shape index (κ3) is 3.66. The maximum Gasteiger partial charge on any atom is 0.217 e. The van der Waals surface area contributed by atoms with Crippen LogP contribution in [0.1, 0.15) is 60.3 Å².